The van der Waals surface area contributed by atoms with Gasteiger partial charge in [0, 0.05) is 5.75 Å². The number of nitrogens with zero attached hydrogens (tertiary/aromatic N) is 1. The second kappa shape index (κ2) is 4.12. The van der Waals surface area contributed by atoms with Crippen LogP contribution in [0.5, 0.6) is 0 Å². The fraction of sp³-hybridized carbons (Fsp3) is 0.286. The summed E-state index contributed by atoms with van der Waals surface area (Å²) < 4.78 is 22.5. The summed E-state index contributed by atoms with van der Waals surface area (Å²) in [6, 6.07) is 1.48. The second-order valence-corrected chi connectivity index (χ2v) is 6.27. The van der Waals surface area contributed by atoms with Crippen molar-refractivity contribution in [2.75, 3.05) is 12.4 Å². The molecule has 0 radical (unpaired) electrons. The van der Waals surface area contributed by atoms with Crippen LogP contribution in [-0.4, -0.2) is 25.8 Å². The molecule has 1 aromatic heterocycles. The first-order chi connectivity index (χ1) is 7.09. The summed E-state index contributed by atoms with van der Waals surface area (Å²) in [6.07, 6.45) is 0. The molecule has 5 nitrogen and oxygen atoms in total. The van der Waals surface area contributed by atoms with Crippen LogP contribution in [0.25, 0.3) is 0 Å². The quantitative estimate of drug-likeness (QED) is 0.857. The van der Waals surface area contributed by atoms with Crippen molar-refractivity contribution in [2.24, 2.45) is 10.3 Å². The van der Waals surface area contributed by atoms with Gasteiger partial charge < -0.3 is 4.84 Å². The largest absolute Gasteiger partial charge is 0.394 e. The Morgan fingerprint density at radius 1 is 1.53 bits per heavy atom. The third kappa shape index (κ3) is 2.33. The normalized spacial score (nSPS) is 17.0. The van der Waals surface area contributed by atoms with Crippen LogP contribution < -0.4 is 5.14 Å². The van der Waals surface area contributed by atoms with Crippen LogP contribution >= 0.6 is 23.1 Å². The minimum absolute atomic E-state index is 0.115. The number of sulfonamides is 1. The van der Waals surface area contributed by atoms with Crippen LogP contribution in [0.4, 0.5) is 0 Å². The number of rotatable bonds is 2. The maximum atomic E-state index is 11.2. The van der Waals surface area contributed by atoms with Gasteiger partial charge in [0.05, 0.1) is 4.88 Å². The van der Waals surface area contributed by atoms with E-state index in [1.54, 1.807) is 5.38 Å². The van der Waals surface area contributed by atoms with Crippen LogP contribution in [0.2, 0.25) is 0 Å². The Bertz CT molecular complexity index is 491. The molecule has 2 rings (SSSR count). The van der Waals surface area contributed by atoms with E-state index < -0.39 is 10.0 Å². The van der Waals surface area contributed by atoms with E-state index in [1.807, 2.05) is 0 Å². The van der Waals surface area contributed by atoms with Gasteiger partial charge in [0.15, 0.2) is 5.04 Å². The van der Waals surface area contributed by atoms with E-state index in [-0.39, 0.29) is 4.90 Å². The Morgan fingerprint density at radius 2 is 2.33 bits per heavy atom. The summed E-state index contributed by atoms with van der Waals surface area (Å²) >= 11 is 2.76. The highest BCUT2D eigenvalue weighted by Gasteiger charge is 2.21. The van der Waals surface area contributed by atoms with E-state index in [4.69, 9.17) is 9.98 Å². The monoisotopic (exact) mass is 264 g/mol. The molecule has 1 aliphatic rings. The Labute approximate surface area is 95.3 Å². The molecule has 0 saturated heterocycles. The fourth-order valence-corrected chi connectivity index (χ4v) is 4.03. The molecule has 15 heavy (non-hydrogen) atoms. The van der Waals surface area contributed by atoms with Crippen molar-refractivity contribution >= 4 is 38.2 Å². The van der Waals surface area contributed by atoms with E-state index >= 15 is 0 Å². The van der Waals surface area contributed by atoms with Crippen LogP contribution in [0.3, 0.4) is 0 Å². The number of thioether (sulfide) groups is 1. The van der Waals surface area contributed by atoms with Gasteiger partial charge in [0.1, 0.15) is 11.5 Å². The van der Waals surface area contributed by atoms with Gasteiger partial charge >= 0.3 is 0 Å². The highest BCUT2D eigenvalue weighted by Crippen LogP contribution is 2.27. The van der Waals surface area contributed by atoms with Gasteiger partial charge in [-0.15, -0.1) is 11.3 Å². The molecule has 2 N–H and O–H groups in total. The number of thiophene rings is 1. The molecule has 0 aliphatic carbocycles. The minimum Gasteiger partial charge on any atom is -0.394 e. The molecule has 0 saturated carbocycles. The first-order valence-corrected chi connectivity index (χ1v) is 7.43. The zero-order valence-corrected chi connectivity index (χ0v) is 9.99. The molecule has 0 atom stereocenters. The number of oxime groups is 1. The SMILES string of the molecule is NS(=O)(=O)c1ccsc1C1=NOCCS1. The lowest BCUT2D eigenvalue weighted by molar-refractivity contribution is 0.160. The number of hydrogen-bond acceptors (Lipinski definition) is 6. The Kier molecular flexibility index (Phi) is 3.01. The lowest BCUT2D eigenvalue weighted by Gasteiger charge is -2.10. The van der Waals surface area contributed by atoms with Crippen molar-refractivity contribution < 1.29 is 13.3 Å². The molecule has 1 aromatic rings. The maximum absolute atomic E-state index is 11.2. The maximum Gasteiger partial charge on any atom is 0.239 e. The zero-order chi connectivity index (χ0) is 10.9. The molecule has 0 spiro atoms. The molecule has 0 amide bonds. The highest BCUT2D eigenvalue weighted by molar-refractivity contribution is 8.14. The molecule has 0 aromatic carbocycles. The molecule has 2 heterocycles. The van der Waals surface area contributed by atoms with Crippen LogP contribution in [0.15, 0.2) is 21.5 Å². The Hall–Kier alpha value is -0.570. The van der Waals surface area contributed by atoms with Crippen molar-refractivity contribution in [1.82, 2.24) is 0 Å². The van der Waals surface area contributed by atoms with Crippen molar-refractivity contribution in [3.05, 3.63) is 16.3 Å². The van der Waals surface area contributed by atoms with E-state index in [2.05, 4.69) is 5.16 Å². The number of nitrogens with two attached hydrogens (primary N) is 1. The molecule has 0 bridgehead atoms. The molecule has 0 unspecified atom stereocenters. The summed E-state index contributed by atoms with van der Waals surface area (Å²) in [5.41, 5.74) is 0. The summed E-state index contributed by atoms with van der Waals surface area (Å²) in [7, 11) is -3.68. The Morgan fingerprint density at radius 3 is 2.93 bits per heavy atom. The molecular weight excluding hydrogens is 256 g/mol. The first-order valence-electron chi connectivity index (χ1n) is 4.02. The predicted molar refractivity (Wildman–Crippen MR) is 60.6 cm³/mol. The predicted octanol–water partition coefficient (Wildman–Crippen LogP) is 0.821. The molecule has 1 aliphatic heterocycles. The topological polar surface area (TPSA) is 81.8 Å². The van der Waals surface area contributed by atoms with Gasteiger partial charge in [-0.1, -0.05) is 16.9 Å². The van der Waals surface area contributed by atoms with Crippen LogP contribution in [0.1, 0.15) is 4.88 Å². The smallest absolute Gasteiger partial charge is 0.239 e. The standard InChI is InChI=1S/C7H8N2O3S3/c8-15(10,11)5-1-3-13-6(5)7-9-12-2-4-14-7/h1,3H,2,4H2,(H2,8,10,11). The molecule has 82 valence electrons. The zero-order valence-electron chi connectivity index (χ0n) is 7.54. The molecule has 0 fully saturated rings. The van der Waals surface area contributed by atoms with Crippen molar-refractivity contribution in [3.63, 3.8) is 0 Å². The summed E-state index contributed by atoms with van der Waals surface area (Å²) in [5, 5.41) is 11.2. The van der Waals surface area contributed by atoms with Crippen LogP contribution in [0, 0.1) is 0 Å². The fourth-order valence-electron chi connectivity index (χ4n) is 1.09. The van der Waals surface area contributed by atoms with Crippen LogP contribution in [-0.2, 0) is 14.9 Å². The van der Waals surface area contributed by atoms with Crippen molar-refractivity contribution in [3.8, 4) is 0 Å². The van der Waals surface area contributed by atoms with Gasteiger partial charge in [-0.2, -0.15) is 0 Å². The lowest BCUT2D eigenvalue weighted by Crippen LogP contribution is -2.15. The highest BCUT2D eigenvalue weighted by atomic mass is 32.2. The third-order valence-corrected chi connectivity index (χ3v) is 4.75. The molecule has 8 heteroatoms. The summed E-state index contributed by atoms with van der Waals surface area (Å²) in [4.78, 5) is 5.58. The van der Waals surface area contributed by atoms with Gasteiger partial charge in [0.25, 0.3) is 0 Å². The van der Waals surface area contributed by atoms with Crippen molar-refractivity contribution in [2.45, 2.75) is 4.90 Å². The summed E-state index contributed by atoms with van der Waals surface area (Å²) in [6.45, 7) is 0.546. The van der Waals surface area contributed by atoms with E-state index in [0.717, 1.165) is 5.75 Å². The third-order valence-electron chi connectivity index (χ3n) is 1.69. The van der Waals surface area contributed by atoms with E-state index in [1.165, 1.54) is 29.2 Å². The first kappa shape index (κ1) is 10.9. The van der Waals surface area contributed by atoms with Gasteiger partial charge in [0.2, 0.25) is 10.0 Å². The minimum atomic E-state index is -3.68. The molecular formula is C7H8N2O3S3. The average Bonchev–Trinajstić information content (AvgIpc) is 2.67. The Balaban J connectivity index is 2.45. The average molecular weight is 264 g/mol. The van der Waals surface area contributed by atoms with E-state index in [0.29, 0.717) is 16.5 Å². The number of primary sulfonamides is 1. The van der Waals surface area contributed by atoms with Gasteiger partial charge in [-0.25, -0.2) is 13.6 Å². The summed E-state index contributed by atoms with van der Waals surface area (Å²) in [5.74, 6) is 0.765. The van der Waals surface area contributed by atoms with Gasteiger partial charge in [-0.05, 0) is 11.4 Å². The lowest BCUT2D eigenvalue weighted by atomic mass is 10.5. The van der Waals surface area contributed by atoms with Gasteiger partial charge in [-0.3, -0.25) is 0 Å². The number of hydrogen-bond donors (Lipinski definition) is 1. The van der Waals surface area contributed by atoms with Crippen molar-refractivity contribution in [1.29, 1.82) is 0 Å². The second-order valence-electron chi connectivity index (χ2n) is 2.74. The van der Waals surface area contributed by atoms with E-state index in [9.17, 15) is 8.42 Å².